The molecule has 1 aliphatic heterocycles. The largest absolute Gasteiger partial charge is 0.388 e. The van der Waals surface area contributed by atoms with E-state index in [1.165, 1.54) is 4.31 Å². The van der Waals surface area contributed by atoms with Crippen molar-refractivity contribution in [3.05, 3.63) is 53.6 Å². The van der Waals surface area contributed by atoms with Crippen molar-refractivity contribution < 1.29 is 13.5 Å². The molecule has 0 amide bonds. The van der Waals surface area contributed by atoms with Gasteiger partial charge in [-0.25, -0.2) is 8.42 Å². The average Bonchev–Trinajstić information content (AvgIpc) is 2.39. The molecule has 1 aromatic rings. The molecule has 0 spiro atoms. The van der Waals surface area contributed by atoms with Gasteiger partial charge in [-0.15, -0.1) is 0 Å². The lowest BCUT2D eigenvalue weighted by Crippen LogP contribution is -2.41. The Balaban J connectivity index is 2.31. The number of hydrogen-bond acceptors (Lipinski definition) is 3. The Morgan fingerprint density at radius 3 is 2.55 bits per heavy atom. The second kappa shape index (κ2) is 5.91. The van der Waals surface area contributed by atoms with Crippen LogP contribution in [0.2, 0.25) is 0 Å². The summed E-state index contributed by atoms with van der Waals surface area (Å²) in [5.41, 5.74) is 1.82. The standard InChI is InChI=1S/C15H19NO3S/c1-3-4-13-9-14(17)11-16(10-13)20(18,19)15-7-5-12(2)6-8-15/h3-9,14,17H,10-11H2,1-2H3/b4-3+. The Morgan fingerprint density at radius 1 is 1.30 bits per heavy atom. The monoisotopic (exact) mass is 293 g/mol. The van der Waals surface area contributed by atoms with Crippen molar-refractivity contribution >= 4 is 10.0 Å². The van der Waals surface area contributed by atoms with Gasteiger partial charge < -0.3 is 5.11 Å². The Labute approximate surface area is 120 Å². The van der Waals surface area contributed by atoms with Crippen LogP contribution in [-0.4, -0.2) is 37.0 Å². The minimum absolute atomic E-state index is 0.0945. The molecular weight excluding hydrogens is 274 g/mol. The van der Waals surface area contributed by atoms with E-state index in [1.807, 2.05) is 26.0 Å². The molecule has 0 aliphatic carbocycles. The minimum Gasteiger partial charge on any atom is -0.388 e. The molecule has 0 saturated heterocycles. The highest BCUT2D eigenvalue weighted by molar-refractivity contribution is 7.89. The van der Waals surface area contributed by atoms with Gasteiger partial charge in [0.05, 0.1) is 11.0 Å². The van der Waals surface area contributed by atoms with Crippen LogP contribution < -0.4 is 0 Å². The first kappa shape index (κ1) is 15.0. The van der Waals surface area contributed by atoms with E-state index >= 15 is 0 Å². The van der Waals surface area contributed by atoms with Gasteiger partial charge in [0.2, 0.25) is 10.0 Å². The molecule has 1 atom stereocenters. The van der Waals surface area contributed by atoms with Gasteiger partial charge in [0.25, 0.3) is 0 Å². The fourth-order valence-electron chi connectivity index (χ4n) is 2.19. The summed E-state index contributed by atoms with van der Waals surface area (Å²) in [6, 6.07) is 6.75. The van der Waals surface area contributed by atoms with Crippen molar-refractivity contribution in [1.29, 1.82) is 0 Å². The second-order valence-electron chi connectivity index (χ2n) is 4.92. The third-order valence-corrected chi connectivity index (χ3v) is 5.02. The molecule has 0 saturated carbocycles. The molecule has 2 rings (SSSR count). The predicted molar refractivity (Wildman–Crippen MR) is 78.8 cm³/mol. The van der Waals surface area contributed by atoms with Gasteiger partial charge in [-0.05, 0) is 31.6 Å². The first-order chi connectivity index (χ1) is 9.43. The Kier molecular flexibility index (Phi) is 4.42. The lowest BCUT2D eigenvalue weighted by atomic mass is 10.1. The summed E-state index contributed by atoms with van der Waals surface area (Å²) in [5.74, 6) is 0. The maximum atomic E-state index is 12.6. The topological polar surface area (TPSA) is 57.6 Å². The van der Waals surface area contributed by atoms with Crippen molar-refractivity contribution in [2.24, 2.45) is 0 Å². The van der Waals surface area contributed by atoms with Gasteiger partial charge in [-0.1, -0.05) is 35.9 Å². The van der Waals surface area contributed by atoms with E-state index in [0.29, 0.717) is 0 Å². The molecule has 108 valence electrons. The van der Waals surface area contributed by atoms with Gasteiger partial charge in [0, 0.05) is 13.1 Å². The zero-order chi connectivity index (χ0) is 14.8. The molecular formula is C15H19NO3S. The second-order valence-corrected chi connectivity index (χ2v) is 6.86. The maximum absolute atomic E-state index is 12.6. The summed E-state index contributed by atoms with van der Waals surface area (Å²) in [7, 11) is -3.56. The van der Waals surface area contributed by atoms with Gasteiger partial charge >= 0.3 is 0 Å². The number of sulfonamides is 1. The highest BCUT2D eigenvalue weighted by atomic mass is 32.2. The van der Waals surface area contributed by atoms with Gasteiger partial charge in [0.15, 0.2) is 0 Å². The number of β-amino-alcohol motifs (C(OH)–C–C–N with tert-alkyl or cyclic N) is 1. The zero-order valence-electron chi connectivity index (χ0n) is 11.7. The zero-order valence-corrected chi connectivity index (χ0v) is 12.5. The SMILES string of the molecule is C/C=C/C1=CC(O)CN(S(=O)(=O)c2ccc(C)cc2)C1. The molecule has 0 bridgehead atoms. The summed E-state index contributed by atoms with van der Waals surface area (Å²) in [6.45, 7) is 4.16. The summed E-state index contributed by atoms with van der Waals surface area (Å²) >= 11 is 0. The Bertz CT molecular complexity index is 630. The highest BCUT2D eigenvalue weighted by Gasteiger charge is 2.29. The number of aryl methyl sites for hydroxylation is 1. The lowest BCUT2D eigenvalue weighted by Gasteiger charge is -2.28. The van der Waals surface area contributed by atoms with Gasteiger partial charge in [-0.2, -0.15) is 4.31 Å². The summed E-state index contributed by atoms with van der Waals surface area (Å²) < 4.78 is 26.4. The Morgan fingerprint density at radius 2 is 1.95 bits per heavy atom. The molecule has 4 nitrogen and oxygen atoms in total. The normalized spacial score (nSPS) is 21.1. The summed E-state index contributed by atoms with van der Waals surface area (Å²) in [6.07, 6.45) is 4.58. The van der Waals surface area contributed by atoms with Gasteiger partial charge in [-0.3, -0.25) is 0 Å². The molecule has 1 aliphatic rings. The van der Waals surface area contributed by atoms with Crippen LogP contribution in [0.15, 0.2) is 53.0 Å². The first-order valence-corrected chi connectivity index (χ1v) is 7.96. The third kappa shape index (κ3) is 3.17. The number of nitrogens with zero attached hydrogens (tertiary/aromatic N) is 1. The van der Waals surface area contributed by atoms with E-state index in [4.69, 9.17) is 0 Å². The Hall–Kier alpha value is -1.43. The predicted octanol–water partition coefficient (Wildman–Crippen LogP) is 1.86. The molecule has 1 aromatic carbocycles. The van der Waals surface area contributed by atoms with Crippen molar-refractivity contribution in [3.8, 4) is 0 Å². The first-order valence-electron chi connectivity index (χ1n) is 6.52. The maximum Gasteiger partial charge on any atom is 0.243 e. The molecule has 0 radical (unpaired) electrons. The van der Waals surface area contributed by atoms with Crippen LogP contribution in [0.1, 0.15) is 12.5 Å². The van der Waals surface area contributed by atoms with Crippen molar-refractivity contribution in [2.45, 2.75) is 24.8 Å². The van der Waals surface area contributed by atoms with Crippen LogP contribution in [0.4, 0.5) is 0 Å². The minimum atomic E-state index is -3.56. The molecule has 1 unspecified atom stereocenters. The molecule has 5 heteroatoms. The number of aliphatic hydroxyl groups excluding tert-OH is 1. The lowest BCUT2D eigenvalue weighted by molar-refractivity contribution is 0.182. The molecule has 0 fully saturated rings. The van der Waals surface area contributed by atoms with Gasteiger partial charge in [0.1, 0.15) is 0 Å². The summed E-state index contributed by atoms with van der Waals surface area (Å²) in [5, 5.41) is 9.81. The van der Waals surface area contributed by atoms with E-state index < -0.39 is 16.1 Å². The van der Waals surface area contributed by atoms with E-state index in [9.17, 15) is 13.5 Å². The van der Waals surface area contributed by atoms with Crippen LogP contribution in [0, 0.1) is 6.92 Å². The van der Waals surface area contributed by atoms with Crippen molar-refractivity contribution in [2.75, 3.05) is 13.1 Å². The fraction of sp³-hybridized carbons (Fsp3) is 0.333. The highest BCUT2D eigenvalue weighted by Crippen LogP contribution is 2.21. The van der Waals surface area contributed by atoms with E-state index in [2.05, 4.69) is 0 Å². The third-order valence-electron chi connectivity index (χ3n) is 3.20. The van der Waals surface area contributed by atoms with Crippen LogP contribution >= 0.6 is 0 Å². The van der Waals surface area contributed by atoms with E-state index in [0.717, 1.165) is 11.1 Å². The molecule has 1 N–H and O–H groups in total. The molecule has 0 aromatic heterocycles. The smallest absolute Gasteiger partial charge is 0.243 e. The van der Waals surface area contributed by atoms with Crippen molar-refractivity contribution in [1.82, 2.24) is 4.31 Å². The quantitative estimate of drug-likeness (QED) is 0.925. The van der Waals surface area contributed by atoms with E-state index in [-0.39, 0.29) is 18.0 Å². The van der Waals surface area contributed by atoms with Crippen LogP contribution in [0.25, 0.3) is 0 Å². The molecule has 1 heterocycles. The van der Waals surface area contributed by atoms with E-state index in [1.54, 1.807) is 30.3 Å². The van der Waals surface area contributed by atoms with Crippen LogP contribution in [-0.2, 0) is 10.0 Å². The fourth-order valence-corrected chi connectivity index (χ4v) is 3.64. The molecule has 20 heavy (non-hydrogen) atoms. The number of benzene rings is 1. The van der Waals surface area contributed by atoms with Crippen molar-refractivity contribution in [3.63, 3.8) is 0 Å². The average molecular weight is 293 g/mol. The number of aliphatic hydroxyl groups is 1. The number of rotatable bonds is 3. The van der Waals surface area contributed by atoms with Crippen LogP contribution in [0.5, 0.6) is 0 Å². The van der Waals surface area contributed by atoms with Crippen LogP contribution in [0.3, 0.4) is 0 Å². The summed E-state index contributed by atoms with van der Waals surface area (Å²) in [4.78, 5) is 0.261. The number of hydrogen-bond donors (Lipinski definition) is 1. The number of allylic oxidation sites excluding steroid dienone is 1.